The predicted octanol–water partition coefficient (Wildman–Crippen LogP) is 1.77. The zero-order chi connectivity index (χ0) is 22.1. The van der Waals surface area contributed by atoms with Gasteiger partial charge in [0.1, 0.15) is 12.6 Å². The molecule has 3 N–H and O–H groups in total. The maximum absolute atomic E-state index is 12.2. The molecular weight excluding hydrogens is 400 g/mol. The topological polar surface area (TPSA) is 137 Å². The molecule has 0 fully saturated rings. The van der Waals surface area contributed by atoms with Crippen molar-refractivity contribution in [1.29, 1.82) is 0 Å². The summed E-state index contributed by atoms with van der Waals surface area (Å²) in [5.41, 5.74) is 6.92. The van der Waals surface area contributed by atoms with Gasteiger partial charge >= 0.3 is 5.97 Å². The van der Waals surface area contributed by atoms with Crippen molar-refractivity contribution in [3.05, 3.63) is 72.1 Å². The lowest BCUT2D eigenvalue weighted by Crippen LogP contribution is -2.46. The van der Waals surface area contributed by atoms with Crippen molar-refractivity contribution in [3.63, 3.8) is 0 Å². The Kier molecular flexibility index (Phi) is 7.47. The smallest absolute Gasteiger partial charge is 0.308 e. The zero-order valence-corrected chi connectivity index (χ0v) is 16.7. The van der Waals surface area contributed by atoms with Gasteiger partial charge in [-0.2, -0.15) is 4.98 Å². The molecule has 1 atom stereocenters. The van der Waals surface area contributed by atoms with Gasteiger partial charge in [-0.25, -0.2) is 0 Å². The van der Waals surface area contributed by atoms with E-state index in [1.807, 2.05) is 48.5 Å². The second kappa shape index (κ2) is 10.7. The van der Waals surface area contributed by atoms with E-state index in [-0.39, 0.29) is 31.8 Å². The van der Waals surface area contributed by atoms with E-state index in [1.165, 1.54) is 0 Å². The molecule has 0 aliphatic carbocycles. The molecule has 1 unspecified atom stereocenters. The summed E-state index contributed by atoms with van der Waals surface area (Å²) < 4.78 is 10.3. The Balaban J connectivity index is 1.46. The van der Waals surface area contributed by atoms with Crippen LogP contribution in [0.2, 0.25) is 0 Å². The van der Waals surface area contributed by atoms with Crippen LogP contribution in [0, 0.1) is 0 Å². The number of amides is 2. The zero-order valence-electron chi connectivity index (χ0n) is 16.7. The van der Waals surface area contributed by atoms with Crippen molar-refractivity contribution in [1.82, 2.24) is 15.5 Å². The lowest BCUT2D eigenvalue weighted by atomic mass is 10.1. The molecular formula is C22H22N4O5. The Morgan fingerprint density at radius 2 is 1.71 bits per heavy atom. The predicted molar refractivity (Wildman–Crippen MR) is 110 cm³/mol. The highest BCUT2D eigenvalue weighted by Gasteiger charge is 2.23. The number of carbonyl (C=O) groups excluding carboxylic acids is 3. The van der Waals surface area contributed by atoms with Crippen molar-refractivity contribution >= 4 is 17.8 Å². The summed E-state index contributed by atoms with van der Waals surface area (Å²) in [5.74, 6) is -1.23. The molecule has 31 heavy (non-hydrogen) atoms. The van der Waals surface area contributed by atoms with Gasteiger partial charge < -0.3 is 20.3 Å². The van der Waals surface area contributed by atoms with Crippen molar-refractivity contribution in [2.75, 3.05) is 0 Å². The van der Waals surface area contributed by atoms with Gasteiger partial charge in [0.2, 0.25) is 23.5 Å². The van der Waals surface area contributed by atoms with Crippen LogP contribution in [0.4, 0.5) is 0 Å². The molecule has 0 aliphatic rings. The highest BCUT2D eigenvalue weighted by atomic mass is 16.5. The number of aromatic nitrogens is 2. The Morgan fingerprint density at radius 1 is 1.03 bits per heavy atom. The van der Waals surface area contributed by atoms with E-state index < -0.39 is 23.8 Å². The second-order valence-corrected chi connectivity index (χ2v) is 6.75. The summed E-state index contributed by atoms with van der Waals surface area (Å²) in [6.07, 6.45) is -0.193. The third-order valence-electron chi connectivity index (χ3n) is 4.36. The molecule has 2 aromatic carbocycles. The molecule has 2 amide bonds. The molecule has 0 radical (unpaired) electrons. The van der Waals surface area contributed by atoms with E-state index in [0.717, 1.165) is 11.1 Å². The van der Waals surface area contributed by atoms with Crippen LogP contribution in [-0.4, -0.2) is 34.0 Å². The standard InChI is InChI=1S/C22H22N4O5/c23-21(29)17(13-20(28)30-14-15-7-3-1-4-8-15)24-18(27)11-12-19-25-22(26-31-19)16-9-5-2-6-10-16/h1-10,17H,11-14H2,(H2,23,29)(H,24,27). The van der Waals surface area contributed by atoms with Crippen LogP contribution in [0.25, 0.3) is 11.4 Å². The van der Waals surface area contributed by atoms with Gasteiger partial charge in [0.15, 0.2) is 0 Å². The molecule has 0 aliphatic heterocycles. The van der Waals surface area contributed by atoms with Crippen LogP contribution >= 0.6 is 0 Å². The number of nitrogens with two attached hydrogens (primary N) is 1. The monoisotopic (exact) mass is 422 g/mol. The third kappa shape index (κ3) is 6.77. The summed E-state index contributed by atoms with van der Waals surface area (Å²) in [6.45, 7) is 0.0695. The summed E-state index contributed by atoms with van der Waals surface area (Å²) in [5, 5.41) is 6.34. The van der Waals surface area contributed by atoms with E-state index in [4.69, 9.17) is 15.0 Å². The summed E-state index contributed by atoms with van der Waals surface area (Å²) in [7, 11) is 0. The van der Waals surface area contributed by atoms with Crippen LogP contribution < -0.4 is 11.1 Å². The fraction of sp³-hybridized carbons (Fsp3) is 0.227. The minimum absolute atomic E-state index is 0.0146. The number of rotatable bonds is 10. The third-order valence-corrected chi connectivity index (χ3v) is 4.36. The van der Waals surface area contributed by atoms with E-state index in [9.17, 15) is 14.4 Å². The van der Waals surface area contributed by atoms with Gasteiger partial charge in [-0.1, -0.05) is 65.8 Å². The van der Waals surface area contributed by atoms with Gasteiger partial charge in [0.25, 0.3) is 0 Å². The maximum Gasteiger partial charge on any atom is 0.308 e. The Bertz CT molecular complexity index is 1020. The van der Waals surface area contributed by atoms with Crippen LogP contribution in [0.1, 0.15) is 24.3 Å². The SMILES string of the molecule is NC(=O)C(CC(=O)OCc1ccccc1)NC(=O)CCc1nc(-c2ccccc2)no1. The summed E-state index contributed by atoms with van der Waals surface area (Å²) in [4.78, 5) is 40.1. The van der Waals surface area contributed by atoms with Gasteiger partial charge in [-0.3, -0.25) is 14.4 Å². The van der Waals surface area contributed by atoms with Gasteiger partial charge in [0, 0.05) is 18.4 Å². The number of hydrogen-bond acceptors (Lipinski definition) is 7. The highest BCUT2D eigenvalue weighted by molar-refractivity contribution is 5.90. The molecule has 9 nitrogen and oxygen atoms in total. The molecule has 1 aromatic heterocycles. The molecule has 1 heterocycles. The molecule has 9 heteroatoms. The molecule has 3 aromatic rings. The van der Waals surface area contributed by atoms with Crippen LogP contribution in [-0.2, 0) is 32.1 Å². The molecule has 0 saturated carbocycles. The van der Waals surface area contributed by atoms with Crippen molar-refractivity contribution < 1.29 is 23.6 Å². The van der Waals surface area contributed by atoms with E-state index in [1.54, 1.807) is 12.1 Å². The van der Waals surface area contributed by atoms with E-state index in [2.05, 4.69) is 15.5 Å². The second-order valence-electron chi connectivity index (χ2n) is 6.75. The van der Waals surface area contributed by atoms with Gasteiger partial charge in [-0.05, 0) is 5.56 Å². The van der Waals surface area contributed by atoms with Crippen molar-refractivity contribution in [3.8, 4) is 11.4 Å². The quantitative estimate of drug-likeness (QED) is 0.475. The number of primary amides is 1. The number of carbonyl (C=O) groups is 3. The number of esters is 1. The highest BCUT2D eigenvalue weighted by Crippen LogP contribution is 2.15. The van der Waals surface area contributed by atoms with Gasteiger partial charge in [-0.15, -0.1) is 0 Å². The first-order valence-corrected chi connectivity index (χ1v) is 9.67. The van der Waals surface area contributed by atoms with E-state index in [0.29, 0.717) is 5.82 Å². The molecule has 160 valence electrons. The average molecular weight is 422 g/mol. The number of ether oxygens (including phenoxy) is 1. The Morgan fingerprint density at radius 3 is 2.39 bits per heavy atom. The molecule has 0 bridgehead atoms. The average Bonchev–Trinajstić information content (AvgIpc) is 3.26. The van der Waals surface area contributed by atoms with Crippen LogP contribution in [0.5, 0.6) is 0 Å². The number of hydrogen-bond donors (Lipinski definition) is 2. The van der Waals surface area contributed by atoms with Crippen molar-refractivity contribution in [2.45, 2.75) is 31.9 Å². The lowest BCUT2D eigenvalue weighted by Gasteiger charge is -2.14. The lowest BCUT2D eigenvalue weighted by molar-refractivity contribution is -0.147. The van der Waals surface area contributed by atoms with E-state index >= 15 is 0 Å². The minimum atomic E-state index is -1.17. The Labute approximate surface area is 178 Å². The molecule has 0 saturated heterocycles. The van der Waals surface area contributed by atoms with Gasteiger partial charge in [0.05, 0.1) is 6.42 Å². The first-order valence-electron chi connectivity index (χ1n) is 9.67. The maximum atomic E-state index is 12.2. The largest absolute Gasteiger partial charge is 0.461 e. The van der Waals surface area contributed by atoms with Crippen LogP contribution in [0.3, 0.4) is 0 Å². The summed E-state index contributed by atoms with van der Waals surface area (Å²) >= 11 is 0. The fourth-order valence-corrected chi connectivity index (χ4v) is 2.73. The first kappa shape index (κ1) is 21.7. The minimum Gasteiger partial charge on any atom is -0.461 e. The first-order chi connectivity index (χ1) is 15.0. The number of aryl methyl sites for hydroxylation is 1. The number of nitrogens with one attached hydrogen (secondary N) is 1. The normalized spacial score (nSPS) is 11.5. The van der Waals surface area contributed by atoms with Crippen LogP contribution in [0.15, 0.2) is 65.2 Å². The number of nitrogens with zero attached hydrogens (tertiary/aromatic N) is 2. The van der Waals surface area contributed by atoms with Crippen molar-refractivity contribution in [2.24, 2.45) is 5.73 Å². The summed E-state index contributed by atoms with van der Waals surface area (Å²) in [6, 6.07) is 17.2. The molecule has 0 spiro atoms. The molecule has 3 rings (SSSR count). The number of benzene rings is 2. The Hall–Kier alpha value is -4.01. The fourth-order valence-electron chi connectivity index (χ4n) is 2.73.